The van der Waals surface area contributed by atoms with E-state index in [0.717, 1.165) is 17.9 Å². The molecule has 0 amide bonds. The zero-order chi connectivity index (χ0) is 13.1. The van der Waals surface area contributed by atoms with E-state index in [1.165, 1.54) is 77.9 Å². The predicted molar refractivity (Wildman–Crippen MR) is 80.4 cm³/mol. The van der Waals surface area contributed by atoms with E-state index in [9.17, 15) is 0 Å². The van der Waals surface area contributed by atoms with Crippen molar-refractivity contribution in [1.29, 1.82) is 0 Å². The van der Waals surface area contributed by atoms with E-state index in [-0.39, 0.29) is 0 Å². The molecule has 3 heteroatoms. The lowest BCUT2D eigenvalue weighted by atomic mass is 9.92. The lowest BCUT2D eigenvalue weighted by Gasteiger charge is -2.39. The largest absolute Gasteiger partial charge is 0.315 e. The van der Waals surface area contributed by atoms with E-state index in [0.29, 0.717) is 0 Å². The zero-order valence-corrected chi connectivity index (χ0v) is 12.6. The van der Waals surface area contributed by atoms with Crippen molar-refractivity contribution in [2.45, 2.75) is 45.1 Å². The molecule has 3 heterocycles. The molecule has 3 rings (SSSR count). The fourth-order valence-electron chi connectivity index (χ4n) is 4.36. The molecule has 0 aromatic rings. The summed E-state index contributed by atoms with van der Waals surface area (Å²) in [6.45, 7) is 11.6. The minimum atomic E-state index is 0.831. The SMILES string of the molecule is CCC1CNCC1N1CCC(CN2CCCC2)CC1. The van der Waals surface area contributed by atoms with Crippen LogP contribution in [0.2, 0.25) is 0 Å². The van der Waals surface area contributed by atoms with Crippen molar-refractivity contribution in [2.24, 2.45) is 11.8 Å². The fraction of sp³-hybridized carbons (Fsp3) is 1.00. The maximum absolute atomic E-state index is 3.59. The van der Waals surface area contributed by atoms with Crippen LogP contribution in [0.15, 0.2) is 0 Å². The first-order valence-electron chi connectivity index (χ1n) is 8.54. The standard InChI is InChI=1S/C16H31N3/c1-2-15-11-17-12-16(15)19-9-5-14(6-10-19)13-18-7-3-4-8-18/h14-17H,2-13H2,1H3. The molecule has 2 atom stereocenters. The summed E-state index contributed by atoms with van der Waals surface area (Å²) in [5.74, 6) is 1.87. The van der Waals surface area contributed by atoms with E-state index in [1.807, 2.05) is 0 Å². The number of likely N-dealkylation sites (tertiary alicyclic amines) is 2. The normalized spacial score (nSPS) is 35.2. The molecule has 110 valence electrons. The summed E-state index contributed by atoms with van der Waals surface area (Å²) >= 11 is 0. The van der Waals surface area contributed by atoms with Crippen molar-refractivity contribution in [3.05, 3.63) is 0 Å². The number of rotatable bonds is 4. The van der Waals surface area contributed by atoms with E-state index < -0.39 is 0 Å². The molecule has 0 saturated carbocycles. The van der Waals surface area contributed by atoms with Gasteiger partial charge >= 0.3 is 0 Å². The number of piperidine rings is 1. The van der Waals surface area contributed by atoms with Crippen LogP contribution in [-0.4, -0.2) is 61.7 Å². The molecule has 0 aliphatic carbocycles. The Morgan fingerprint density at radius 1 is 1.00 bits per heavy atom. The van der Waals surface area contributed by atoms with Gasteiger partial charge in [-0.1, -0.05) is 13.3 Å². The average molecular weight is 265 g/mol. The van der Waals surface area contributed by atoms with Crippen LogP contribution in [0.4, 0.5) is 0 Å². The Kier molecular flexibility index (Phi) is 4.78. The van der Waals surface area contributed by atoms with Gasteiger partial charge in [0.05, 0.1) is 0 Å². The minimum absolute atomic E-state index is 0.831. The Bertz CT molecular complexity index is 267. The minimum Gasteiger partial charge on any atom is -0.315 e. The summed E-state index contributed by atoms with van der Waals surface area (Å²) in [5.41, 5.74) is 0. The third kappa shape index (κ3) is 3.32. The summed E-state index contributed by atoms with van der Waals surface area (Å²) in [4.78, 5) is 5.49. The highest BCUT2D eigenvalue weighted by molar-refractivity contribution is 4.90. The van der Waals surface area contributed by atoms with Gasteiger partial charge in [0.25, 0.3) is 0 Å². The molecule has 0 bridgehead atoms. The predicted octanol–water partition coefficient (Wildman–Crippen LogP) is 1.79. The van der Waals surface area contributed by atoms with Crippen LogP contribution < -0.4 is 5.32 Å². The smallest absolute Gasteiger partial charge is 0.0260 e. The highest BCUT2D eigenvalue weighted by Gasteiger charge is 2.33. The number of nitrogens with zero attached hydrogens (tertiary/aromatic N) is 2. The number of nitrogens with one attached hydrogen (secondary N) is 1. The molecule has 0 aromatic heterocycles. The van der Waals surface area contributed by atoms with Gasteiger partial charge in [0.2, 0.25) is 0 Å². The van der Waals surface area contributed by atoms with Crippen molar-refractivity contribution in [3.8, 4) is 0 Å². The van der Waals surface area contributed by atoms with E-state index >= 15 is 0 Å². The summed E-state index contributed by atoms with van der Waals surface area (Å²) < 4.78 is 0. The average Bonchev–Trinajstić information content (AvgIpc) is 3.10. The van der Waals surface area contributed by atoms with Crippen molar-refractivity contribution in [3.63, 3.8) is 0 Å². The molecular weight excluding hydrogens is 234 g/mol. The quantitative estimate of drug-likeness (QED) is 0.836. The number of hydrogen-bond acceptors (Lipinski definition) is 3. The van der Waals surface area contributed by atoms with Crippen molar-refractivity contribution >= 4 is 0 Å². The zero-order valence-electron chi connectivity index (χ0n) is 12.6. The molecule has 19 heavy (non-hydrogen) atoms. The van der Waals surface area contributed by atoms with Gasteiger partial charge in [0, 0.05) is 19.1 Å². The van der Waals surface area contributed by atoms with Crippen LogP contribution in [-0.2, 0) is 0 Å². The van der Waals surface area contributed by atoms with Crippen molar-refractivity contribution < 1.29 is 0 Å². The van der Waals surface area contributed by atoms with Crippen LogP contribution in [0.3, 0.4) is 0 Å². The Labute approximate surface area is 118 Å². The van der Waals surface area contributed by atoms with Crippen LogP contribution in [0.25, 0.3) is 0 Å². The van der Waals surface area contributed by atoms with Gasteiger partial charge in [-0.25, -0.2) is 0 Å². The highest BCUT2D eigenvalue weighted by atomic mass is 15.2. The van der Waals surface area contributed by atoms with Gasteiger partial charge in [-0.3, -0.25) is 4.90 Å². The lowest BCUT2D eigenvalue weighted by Crippen LogP contribution is -2.46. The van der Waals surface area contributed by atoms with E-state index in [4.69, 9.17) is 0 Å². The molecule has 0 radical (unpaired) electrons. The Morgan fingerprint density at radius 3 is 2.42 bits per heavy atom. The molecule has 2 unspecified atom stereocenters. The Morgan fingerprint density at radius 2 is 1.74 bits per heavy atom. The van der Waals surface area contributed by atoms with Gasteiger partial charge in [-0.05, 0) is 70.2 Å². The number of hydrogen-bond donors (Lipinski definition) is 1. The molecule has 1 N–H and O–H groups in total. The second kappa shape index (κ2) is 6.55. The fourth-order valence-corrected chi connectivity index (χ4v) is 4.36. The van der Waals surface area contributed by atoms with Crippen LogP contribution in [0.1, 0.15) is 39.0 Å². The summed E-state index contributed by atoms with van der Waals surface area (Å²) in [5, 5.41) is 3.59. The molecule has 3 saturated heterocycles. The van der Waals surface area contributed by atoms with Crippen LogP contribution >= 0.6 is 0 Å². The third-order valence-corrected chi connectivity index (χ3v) is 5.66. The monoisotopic (exact) mass is 265 g/mol. The molecule has 0 aromatic carbocycles. The summed E-state index contributed by atoms with van der Waals surface area (Å²) in [7, 11) is 0. The Hall–Kier alpha value is -0.120. The van der Waals surface area contributed by atoms with Gasteiger partial charge in [-0.15, -0.1) is 0 Å². The van der Waals surface area contributed by atoms with Crippen molar-refractivity contribution in [1.82, 2.24) is 15.1 Å². The molecule has 3 aliphatic rings. The maximum Gasteiger partial charge on any atom is 0.0260 e. The van der Waals surface area contributed by atoms with Gasteiger partial charge in [0.15, 0.2) is 0 Å². The molecule has 0 spiro atoms. The van der Waals surface area contributed by atoms with E-state index in [2.05, 4.69) is 22.0 Å². The highest BCUT2D eigenvalue weighted by Crippen LogP contribution is 2.26. The van der Waals surface area contributed by atoms with E-state index in [1.54, 1.807) is 0 Å². The lowest BCUT2D eigenvalue weighted by molar-refractivity contribution is 0.102. The first-order valence-corrected chi connectivity index (χ1v) is 8.54. The molecule has 3 aliphatic heterocycles. The molecule has 3 fully saturated rings. The van der Waals surface area contributed by atoms with Gasteiger partial charge in [0.1, 0.15) is 0 Å². The second-order valence-corrected chi connectivity index (χ2v) is 6.88. The topological polar surface area (TPSA) is 18.5 Å². The molecule has 3 nitrogen and oxygen atoms in total. The summed E-state index contributed by atoms with van der Waals surface area (Å²) in [6.07, 6.45) is 7.08. The van der Waals surface area contributed by atoms with Crippen LogP contribution in [0.5, 0.6) is 0 Å². The van der Waals surface area contributed by atoms with Crippen LogP contribution in [0, 0.1) is 11.8 Å². The second-order valence-electron chi connectivity index (χ2n) is 6.88. The first kappa shape index (κ1) is 13.8. The molecular formula is C16H31N3. The van der Waals surface area contributed by atoms with Gasteiger partial charge in [-0.2, -0.15) is 0 Å². The maximum atomic E-state index is 3.59. The Balaban J connectivity index is 1.43. The summed E-state index contributed by atoms with van der Waals surface area (Å²) in [6, 6.07) is 0.831. The van der Waals surface area contributed by atoms with Crippen molar-refractivity contribution in [2.75, 3.05) is 45.8 Å². The first-order chi connectivity index (χ1) is 9.36. The third-order valence-electron chi connectivity index (χ3n) is 5.66. The van der Waals surface area contributed by atoms with Gasteiger partial charge < -0.3 is 10.2 Å².